The zero-order chi connectivity index (χ0) is 14.5. The van der Waals surface area contributed by atoms with Gasteiger partial charge in [-0.2, -0.15) is 30.2 Å². The van der Waals surface area contributed by atoms with Crippen molar-refractivity contribution in [1.82, 2.24) is 0 Å². The van der Waals surface area contributed by atoms with E-state index in [1.807, 2.05) is 19.2 Å². The molecule has 0 aliphatic heterocycles. The van der Waals surface area contributed by atoms with Gasteiger partial charge < -0.3 is 5.32 Å². The summed E-state index contributed by atoms with van der Waals surface area (Å²) in [7, 11) is 0. The summed E-state index contributed by atoms with van der Waals surface area (Å²) in [6.07, 6.45) is -1.62. The van der Waals surface area contributed by atoms with E-state index in [4.69, 9.17) is 5.26 Å². The Bertz CT molecular complexity index is 466. The van der Waals surface area contributed by atoms with Gasteiger partial charge in [-0.3, -0.25) is 0 Å². The third-order valence-electron chi connectivity index (χ3n) is 2.69. The molecule has 0 aliphatic carbocycles. The van der Waals surface area contributed by atoms with Gasteiger partial charge in [-0.05, 0) is 30.9 Å². The first-order valence-electron chi connectivity index (χ1n) is 5.79. The van der Waals surface area contributed by atoms with Crippen LogP contribution in [0.3, 0.4) is 0 Å². The molecule has 0 saturated carbocycles. The van der Waals surface area contributed by atoms with Crippen LogP contribution in [0.2, 0.25) is 0 Å². The maximum absolute atomic E-state index is 12.6. The summed E-state index contributed by atoms with van der Waals surface area (Å²) in [6, 6.07) is 5.15. The number of anilines is 1. The van der Waals surface area contributed by atoms with Crippen LogP contribution in [0.1, 0.15) is 24.5 Å². The molecule has 1 unspecified atom stereocenters. The summed E-state index contributed by atoms with van der Waals surface area (Å²) in [5, 5.41) is 12.1. The van der Waals surface area contributed by atoms with E-state index in [2.05, 4.69) is 5.32 Å². The molecule has 6 heteroatoms. The van der Waals surface area contributed by atoms with Crippen molar-refractivity contribution >= 4 is 17.4 Å². The molecule has 0 spiro atoms. The van der Waals surface area contributed by atoms with E-state index in [0.29, 0.717) is 5.69 Å². The second-order valence-electron chi connectivity index (χ2n) is 4.07. The molecule has 1 atom stereocenters. The summed E-state index contributed by atoms with van der Waals surface area (Å²) in [5.74, 6) is 0.836. The number of nitriles is 1. The fourth-order valence-electron chi connectivity index (χ4n) is 1.62. The zero-order valence-electron chi connectivity index (χ0n) is 10.7. The number of benzene rings is 1. The van der Waals surface area contributed by atoms with E-state index < -0.39 is 11.7 Å². The molecule has 104 valence electrons. The molecule has 2 nitrogen and oxygen atoms in total. The van der Waals surface area contributed by atoms with Crippen LogP contribution in [0.15, 0.2) is 18.2 Å². The molecule has 0 heterocycles. The lowest BCUT2D eigenvalue weighted by Crippen LogP contribution is -2.21. The van der Waals surface area contributed by atoms with Gasteiger partial charge in [0.05, 0.1) is 16.8 Å². The van der Waals surface area contributed by atoms with Crippen LogP contribution in [-0.4, -0.2) is 18.1 Å². The van der Waals surface area contributed by atoms with E-state index in [1.165, 1.54) is 6.07 Å². The van der Waals surface area contributed by atoms with Crippen LogP contribution in [0.25, 0.3) is 0 Å². The van der Waals surface area contributed by atoms with Gasteiger partial charge in [0.2, 0.25) is 0 Å². The van der Waals surface area contributed by atoms with Crippen molar-refractivity contribution in [2.45, 2.75) is 25.6 Å². The standard InChI is InChI=1S/C13H15F3N2S/c1-3-11(8-19-2)18-12-5-4-10(13(14,15)16)6-9(12)7-17/h4-6,11,18H,3,8H2,1-2H3. The lowest BCUT2D eigenvalue weighted by Gasteiger charge is -2.18. The van der Waals surface area contributed by atoms with Gasteiger partial charge in [0.15, 0.2) is 0 Å². The van der Waals surface area contributed by atoms with E-state index in [-0.39, 0.29) is 11.6 Å². The van der Waals surface area contributed by atoms with Crippen LogP contribution >= 0.6 is 11.8 Å². The van der Waals surface area contributed by atoms with Gasteiger partial charge in [-0.25, -0.2) is 0 Å². The minimum Gasteiger partial charge on any atom is -0.380 e. The summed E-state index contributed by atoms with van der Waals surface area (Å²) in [6.45, 7) is 1.99. The summed E-state index contributed by atoms with van der Waals surface area (Å²) in [4.78, 5) is 0. The average molecular weight is 288 g/mol. The van der Waals surface area contributed by atoms with Crippen molar-refractivity contribution in [3.8, 4) is 6.07 Å². The van der Waals surface area contributed by atoms with Gasteiger partial charge in [0, 0.05) is 11.8 Å². The molecule has 0 amide bonds. The fourth-order valence-corrected chi connectivity index (χ4v) is 2.34. The maximum Gasteiger partial charge on any atom is 0.416 e. The Morgan fingerprint density at radius 1 is 1.42 bits per heavy atom. The van der Waals surface area contributed by atoms with Crippen LogP contribution in [0, 0.1) is 11.3 Å². The number of halogens is 3. The third kappa shape index (κ3) is 4.35. The van der Waals surface area contributed by atoms with Crippen LogP contribution in [0.5, 0.6) is 0 Å². The molecular formula is C13H15F3N2S. The summed E-state index contributed by atoms with van der Waals surface area (Å²) in [5.41, 5.74) is -0.321. The molecule has 0 fully saturated rings. The molecule has 1 N–H and O–H groups in total. The zero-order valence-corrected chi connectivity index (χ0v) is 11.5. The number of alkyl halides is 3. The van der Waals surface area contributed by atoms with Crippen molar-refractivity contribution in [2.24, 2.45) is 0 Å². The maximum atomic E-state index is 12.6. The first-order valence-corrected chi connectivity index (χ1v) is 7.18. The predicted octanol–water partition coefficient (Wildman–Crippen LogP) is 4.13. The predicted molar refractivity (Wildman–Crippen MR) is 72.2 cm³/mol. The van der Waals surface area contributed by atoms with Gasteiger partial charge in [-0.1, -0.05) is 6.92 Å². The molecule has 19 heavy (non-hydrogen) atoms. The molecule has 0 aliphatic rings. The lowest BCUT2D eigenvalue weighted by atomic mass is 10.1. The first kappa shape index (κ1) is 15.7. The smallest absolute Gasteiger partial charge is 0.380 e. The fraction of sp³-hybridized carbons (Fsp3) is 0.462. The minimum atomic E-state index is -4.42. The normalized spacial score (nSPS) is 12.8. The number of nitrogens with zero attached hydrogens (tertiary/aromatic N) is 1. The van der Waals surface area contributed by atoms with Gasteiger partial charge in [0.25, 0.3) is 0 Å². The monoisotopic (exact) mass is 288 g/mol. The molecule has 0 saturated heterocycles. The second kappa shape index (κ2) is 6.71. The third-order valence-corrected chi connectivity index (χ3v) is 3.42. The molecule has 0 aromatic heterocycles. The largest absolute Gasteiger partial charge is 0.416 e. The molecular weight excluding hydrogens is 273 g/mol. The SMILES string of the molecule is CCC(CSC)Nc1ccc(C(F)(F)F)cc1C#N. The Hall–Kier alpha value is -1.35. The van der Waals surface area contributed by atoms with Gasteiger partial charge in [-0.15, -0.1) is 0 Å². The molecule has 1 rings (SSSR count). The van der Waals surface area contributed by atoms with E-state index in [1.54, 1.807) is 11.8 Å². The van der Waals surface area contributed by atoms with Crippen LogP contribution < -0.4 is 5.32 Å². The van der Waals surface area contributed by atoms with Crippen molar-refractivity contribution in [3.05, 3.63) is 29.3 Å². The number of rotatable bonds is 5. The second-order valence-corrected chi connectivity index (χ2v) is 4.99. The molecule has 0 bridgehead atoms. The first-order chi connectivity index (χ1) is 8.92. The van der Waals surface area contributed by atoms with Gasteiger partial charge >= 0.3 is 6.18 Å². The number of hydrogen-bond acceptors (Lipinski definition) is 3. The Kier molecular flexibility index (Phi) is 5.55. The van der Waals surface area contributed by atoms with Crippen molar-refractivity contribution in [3.63, 3.8) is 0 Å². The minimum absolute atomic E-state index is 0.0226. The van der Waals surface area contributed by atoms with Crippen molar-refractivity contribution in [2.75, 3.05) is 17.3 Å². The Morgan fingerprint density at radius 2 is 2.11 bits per heavy atom. The molecule has 1 aromatic rings. The number of thioether (sulfide) groups is 1. The Balaban J connectivity index is 3.00. The van der Waals surface area contributed by atoms with Crippen molar-refractivity contribution < 1.29 is 13.2 Å². The summed E-state index contributed by atoms with van der Waals surface area (Å²) >= 11 is 1.65. The molecule has 1 aromatic carbocycles. The highest BCUT2D eigenvalue weighted by Gasteiger charge is 2.31. The topological polar surface area (TPSA) is 35.8 Å². The lowest BCUT2D eigenvalue weighted by molar-refractivity contribution is -0.137. The van der Waals surface area contributed by atoms with E-state index >= 15 is 0 Å². The quantitative estimate of drug-likeness (QED) is 0.885. The van der Waals surface area contributed by atoms with Crippen molar-refractivity contribution in [1.29, 1.82) is 5.26 Å². The Morgan fingerprint density at radius 3 is 2.58 bits per heavy atom. The highest BCUT2D eigenvalue weighted by atomic mass is 32.2. The highest BCUT2D eigenvalue weighted by molar-refractivity contribution is 7.98. The van der Waals surface area contributed by atoms with E-state index in [0.717, 1.165) is 24.3 Å². The number of hydrogen-bond donors (Lipinski definition) is 1. The molecule has 0 radical (unpaired) electrons. The van der Waals surface area contributed by atoms with Gasteiger partial charge in [0.1, 0.15) is 6.07 Å². The van der Waals surface area contributed by atoms with E-state index in [9.17, 15) is 13.2 Å². The van der Waals surface area contributed by atoms with Crippen LogP contribution in [0.4, 0.5) is 18.9 Å². The highest BCUT2D eigenvalue weighted by Crippen LogP contribution is 2.31. The Labute approximate surface area is 115 Å². The average Bonchev–Trinajstić information content (AvgIpc) is 2.37. The summed E-state index contributed by atoms with van der Waals surface area (Å²) < 4.78 is 37.7. The van der Waals surface area contributed by atoms with Crippen LogP contribution in [-0.2, 0) is 6.18 Å². The number of nitrogens with one attached hydrogen (secondary N) is 1.